The van der Waals surface area contributed by atoms with Crippen LogP contribution in [0.3, 0.4) is 0 Å². The maximum Gasteiger partial charge on any atom is 0.414 e. The smallest absolute Gasteiger partial charge is 0.412 e. The van der Waals surface area contributed by atoms with Gasteiger partial charge in [0.25, 0.3) is 0 Å². The van der Waals surface area contributed by atoms with Gasteiger partial charge in [-0.3, -0.25) is 14.6 Å². The van der Waals surface area contributed by atoms with Gasteiger partial charge in [0, 0.05) is 38.4 Å². The van der Waals surface area contributed by atoms with E-state index in [4.69, 9.17) is 4.43 Å². The minimum Gasteiger partial charge on any atom is -0.412 e. The van der Waals surface area contributed by atoms with Gasteiger partial charge in [0.15, 0.2) is 14.4 Å². The summed E-state index contributed by atoms with van der Waals surface area (Å²) >= 11 is 0. The number of likely N-dealkylation sites (tertiary alicyclic amines) is 1. The Labute approximate surface area is 254 Å². The molecule has 1 aliphatic carbocycles. The third-order valence-electron chi connectivity index (χ3n) is 9.68. The van der Waals surface area contributed by atoms with Gasteiger partial charge in [-0.1, -0.05) is 58.9 Å². The molecule has 1 N–H and O–H groups in total. The number of halogens is 3. The molecule has 2 aromatic rings. The standard InChI is InChI=1S/C32H45F3N4O3Si/c1-20(40)39-19-23(42-43(8,9)30(2,3)4)17-26(39)29(41)38(7)28(32(33,34)35)25-15-14-22(18-36-25)37-27-16-21-12-10-11-13-24(21)31(27,5)6/h10-15,18,23,26-28,37H,16-17,19H2,1-9H3/t23-,26+,27+,28+/m1/s1. The molecule has 11 heteroatoms. The van der Waals surface area contributed by atoms with Crippen molar-refractivity contribution in [3.63, 3.8) is 0 Å². The van der Waals surface area contributed by atoms with Crippen LogP contribution in [0.2, 0.25) is 18.1 Å². The lowest BCUT2D eigenvalue weighted by molar-refractivity contribution is -0.191. The van der Waals surface area contributed by atoms with Gasteiger partial charge in [-0.15, -0.1) is 0 Å². The van der Waals surface area contributed by atoms with E-state index >= 15 is 0 Å². The lowest BCUT2D eigenvalue weighted by Crippen LogP contribution is -2.49. The molecule has 7 nitrogen and oxygen atoms in total. The second kappa shape index (κ2) is 11.5. The van der Waals surface area contributed by atoms with E-state index in [0.717, 1.165) is 13.5 Å². The number of hydrogen-bond donors (Lipinski definition) is 1. The largest absolute Gasteiger partial charge is 0.414 e. The summed E-state index contributed by atoms with van der Waals surface area (Å²) in [6.45, 7) is 16.2. The Bertz CT molecular complexity index is 1340. The summed E-state index contributed by atoms with van der Waals surface area (Å²) in [4.78, 5) is 32.4. The molecule has 0 radical (unpaired) electrons. The van der Waals surface area contributed by atoms with Crippen molar-refractivity contribution in [3.8, 4) is 0 Å². The highest BCUT2D eigenvalue weighted by Crippen LogP contribution is 2.42. The van der Waals surface area contributed by atoms with E-state index in [9.17, 15) is 22.8 Å². The summed E-state index contributed by atoms with van der Waals surface area (Å²) in [5.74, 6) is -1.16. The molecule has 1 aliphatic heterocycles. The number of nitrogens with one attached hydrogen (secondary N) is 1. The van der Waals surface area contributed by atoms with Crippen LogP contribution in [0.25, 0.3) is 0 Å². The van der Waals surface area contributed by atoms with Crippen LogP contribution in [-0.4, -0.2) is 72.9 Å². The van der Waals surface area contributed by atoms with Crippen LogP contribution in [-0.2, 0) is 25.9 Å². The topological polar surface area (TPSA) is 74.8 Å². The van der Waals surface area contributed by atoms with E-state index in [1.165, 1.54) is 35.2 Å². The fraction of sp³-hybridized carbons (Fsp3) is 0.594. The summed E-state index contributed by atoms with van der Waals surface area (Å²) in [5.41, 5.74) is 2.64. The lowest BCUT2D eigenvalue weighted by atomic mass is 9.83. The Morgan fingerprint density at radius 1 is 1.14 bits per heavy atom. The number of nitrogens with zero attached hydrogens (tertiary/aromatic N) is 3. The Balaban J connectivity index is 1.52. The normalized spacial score (nSPS) is 22.7. The minimum absolute atomic E-state index is 0.0432. The van der Waals surface area contributed by atoms with Gasteiger partial charge in [0.2, 0.25) is 11.8 Å². The number of carbonyl (C=O) groups excluding carboxylic acids is 2. The van der Waals surface area contributed by atoms with E-state index in [-0.39, 0.29) is 41.1 Å². The van der Waals surface area contributed by atoms with Crippen molar-refractivity contribution in [1.82, 2.24) is 14.8 Å². The highest BCUT2D eigenvalue weighted by molar-refractivity contribution is 6.74. The summed E-state index contributed by atoms with van der Waals surface area (Å²) in [5, 5.41) is 3.35. The molecule has 2 heterocycles. The molecule has 1 aromatic heterocycles. The number of pyridine rings is 1. The van der Waals surface area contributed by atoms with Gasteiger partial charge >= 0.3 is 6.18 Å². The van der Waals surface area contributed by atoms with Crippen LogP contribution in [0.1, 0.15) is 70.8 Å². The molecule has 0 spiro atoms. The molecule has 0 bridgehead atoms. The monoisotopic (exact) mass is 618 g/mol. The van der Waals surface area contributed by atoms with Crippen LogP contribution >= 0.6 is 0 Å². The number of alkyl halides is 3. The molecular weight excluding hydrogens is 573 g/mol. The number of hydrogen-bond acceptors (Lipinski definition) is 5. The van der Waals surface area contributed by atoms with Crippen molar-refractivity contribution in [2.24, 2.45) is 0 Å². The van der Waals surface area contributed by atoms with Crippen molar-refractivity contribution in [3.05, 3.63) is 59.4 Å². The van der Waals surface area contributed by atoms with E-state index in [2.05, 4.69) is 70.1 Å². The Morgan fingerprint density at radius 2 is 1.79 bits per heavy atom. The van der Waals surface area contributed by atoms with Crippen LogP contribution < -0.4 is 5.32 Å². The van der Waals surface area contributed by atoms with Crippen LogP contribution in [0.5, 0.6) is 0 Å². The van der Waals surface area contributed by atoms with Crippen molar-refractivity contribution in [2.75, 3.05) is 18.9 Å². The summed E-state index contributed by atoms with van der Waals surface area (Å²) in [6.07, 6.45) is -2.87. The molecule has 0 unspecified atom stereocenters. The van der Waals surface area contributed by atoms with Gasteiger partial charge in [-0.25, -0.2) is 0 Å². The summed E-state index contributed by atoms with van der Waals surface area (Å²) in [6, 6.07) is 7.85. The zero-order chi connectivity index (χ0) is 32.1. The fourth-order valence-electron chi connectivity index (χ4n) is 6.08. The zero-order valence-corrected chi connectivity index (χ0v) is 27.7. The lowest BCUT2D eigenvalue weighted by Gasteiger charge is -2.38. The highest BCUT2D eigenvalue weighted by Gasteiger charge is 2.51. The predicted octanol–water partition coefficient (Wildman–Crippen LogP) is 6.47. The summed E-state index contributed by atoms with van der Waals surface area (Å²) in [7, 11) is -1.10. The second-order valence-corrected chi connectivity index (χ2v) is 18.8. The van der Waals surface area contributed by atoms with E-state index in [0.29, 0.717) is 10.6 Å². The zero-order valence-electron chi connectivity index (χ0n) is 26.7. The second-order valence-electron chi connectivity index (χ2n) is 14.1. The molecule has 2 aliphatic rings. The van der Waals surface area contributed by atoms with Gasteiger partial charge in [-0.05, 0) is 47.8 Å². The van der Waals surface area contributed by atoms with E-state index < -0.39 is 38.6 Å². The number of benzene rings is 1. The number of carbonyl (C=O) groups is 2. The quantitative estimate of drug-likeness (QED) is 0.360. The van der Waals surface area contributed by atoms with Crippen molar-refractivity contribution in [2.45, 2.75) is 108 Å². The maximum absolute atomic E-state index is 14.5. The predicted molar refractivity (Wildman–Crippen MR) is 164 cm³/mol. The van der Waals surface area contributed by atoms with Gasteiger partial charge < -0.3 is 19.5 Å². The molecule has 0 saturated carbocycles. The van der Waals surface area contributed by atoms with Crippen LogP contribution in [0.15, 0.2) is 42.6 Å². The first-order chi connectivity index (χ1) is 19.7. The Morgan fingerprint density at radius 3 is 2.33 bits per heavy atom. The molecule has 43 heavy (non-hydrogen) atoms. The third-order valence-corrected chi connectivity index (χ3v) is 14.2. The molecule has 1 fully saturated rings. The average Bonchev–Trinajstić information content (AvgIpc) is 3.41. The molecule has 4 rings (SSSR count). The van der Waals surface area contributed by atoms with Gasteiger partial charge in [0.05, 0.1) is 23.7 Å². The highest BCUT2D eigenvalue weighted by atomic mass is 28.4. The SMILES string of the molecule is CC(=O)N1C[C@H](O[Si](C)(C)C(C)(C)C)C[C@H]1C(=O)N(C)[C@@H](c1ccc(N[C@H]2Cc3ccccc3C2(C)C)cn1)C(F)(F)F. The maximum atomic E-state index is 14.5. The number of likely N-dealkylation sites (N-methyl/N-ethyl adjacent to an activating group) is 1. The molecule has 4 atom stereocenters. The van der Waals surface area contributed by atoms with Crippen molar-refractivity contribution < 1.29 is 27.2 Å². The molecular formula is C32H45F3N4O3Si. The number of anilines is 1. The first-order valence-corrected chi connectivity index (χ1v) is 17.7. The fourth-order valence-corrected chi connectivity index (χ4v) is 7.44. The third kappa shape index (κ3) is 6.62. The first-order valence-electron chi connectivity index (χ1n) is 14.8. The molecule has 1 aromatic carbocycles. The van der Waals surface area contributed by atoms with Crippen LogP contribution in [0.4, 0.5) is 18.9 Å². The Hall–Kier alpha value is -2.92. The number of amides is 2. The van der Waals surface area contributed by atoms with E-state index in [1.54, 1.807) is 6.07 Å². The van der Waals surface area contributed by atoms with Crippen molar-refractivity contribution >= 4 is 25.8 Å². The average molecular weight is 619 g/mol. The van der Waals surface area contributed by atoms with E-state index in [1.807, 2.05) is 12.1 Å². The first kappa shape index (κ1) is 33.0. The minimum atomic E-state index is -4.78. The van der Waals surface area contributed by atoms with Crippen LogP contribution in [0, 0.1) is 0 Å². The number of aromatic nitrogens is 1. The van der Waals surface area contributed by atoms with Gasteiger partial charge in [0.1, 0.15) is 6.04 Å². The van der Waals surface area contributed by atoms with Gasteiger partial charge in [-0.2, -0.15) is 13.2 Å². The molecule has 2 amide bonds. The summed E-state index contributed by atoms with van der Waals surface area (Å²) < 4.78 is 50.0. The Kier molecular flexibility index (Phi) is 8.85. The van der Waals surface area contributed by atoms with Crippen molar-refractivity contribution in [1.29, 1.82) is 0 Å². The number of rotatable bonds is 7. The molecule has 236 valence electrons. The molecule has 1 saturated heterocycles. The number of fused-ring (bicyclic) bond motifs is 1.